The van der Waals surface area contributed by atoms with Crippen LogP contribution in [0.4, 0.5) is 0 Å². The number of rotatable bonds is 3. The zero-order valence-corrected chi connectivity index (χ0v) is 11.8. The molecule has 3 heteroatoms. The Balaban J connectivity index is 2.71. The van der Waals surface area contributed by atoms with Crippen LogP contribution in [0, 0.1) is 5.41 Å². The molecule has 96 valence electrons. The molecule has 0 bridgehead atoms. The van der Waals surface area contributed by atoms with Crippen molar-refractivity contribution in [3.05, 3.63) is 0 Å². The number of nitrogens with zero attached hydrogens (tertiary/aromatic N) is 1. The highest BCUT2D eigenvalue weighted by Crippen LogP contribution is 2.36. The summed E-state index contributed by atoms with van der Waals surface area (Å²) in [4.78, 5) is 2.18. The van der Waals surface area contributed by atoms with Gasteiger partial charge in [0.1, 0.15) is 0 Å². The third-order valence-electron chi connectivity index (χ3n) is 2.92. The Bertz CT molecular complexity index is 236. The summed E-state index contributed by atoms with van der Waals surface area (Å²) in [5.74, 6) is 0. The second kappa shape index (κ2) is 4.63. The summed E-state index contributed by atoms with van der Waals surface area (Å²) in [6, 6.07) is 0. The van der Waals surface area contributed by atoms with E-state index in [4.69, 9.17) is 9.47 Å². The first-order valence-electron chi connectivity index (χ1n) is 6.10. The van der Waals surface area contributed by atoms with Crippen molar-refractivity contribution in [2.24, 2.45) is 5.41 Å². The molecule has 0 unspecified atom stereocenters. The summed E-state index contributed by atoms with van der Waals surface area (Å²) in [6.07, 6.45) is 1.12. The molecule has 1 aliphatic rings. The van der Waals surface area contributed by atoms with Crippen molar-refractivity contribution in [2.45, 2.75) is 59.0 Å². The lowest BCUT2D eigenvalue weighted by Crippen LogP contribution is -2.51. The van der Waals surface area contributed by atoms with Crippen LogP contribution in [0.1, 0.15) is 41.0 Å². The minimum atomic E-state index is -0.117. The maximum absolute atomic E-state index is 6.06. The topological polar surface area (TPSA) is 21.7 Å². The summed E-state index contributed by atoms with van der Waals surface area (Å²) in [5.41, 5.74) is -0.0681. The Hall–Kier alpha value is -0.120. The van der Waals surface area contributed by atoms with E-state index < -0.39 is 0 Å². The molecule has 0 N–H and O–H groups in total. The van der Waals surface area contributed by atoms with E-state index in [0.717, 1.165) is 13.0 Å². The molecular formula is C13H27NO2. The normalized spacial score (nSPS) is 30.8. The van der Waals surface area contributed by atoms with Gasteiger partial charge in [0.15, 0.2) is 6.29 Å². The van der Waals surface area contributed by atoms with Crippen molar-refractivity contribution in [3.8, 4) is 0 Å². The molecule has 0 aromatic heterocycles. The summed E-state index contributed by atoms with van der Waals surface area (Å²) >= 11 is 0. The zero-order valence-electron chi connectivity index (χ0n) is 11.8. The van der Waals surface area contributed by atoms with Gasteiger partial charge in [-0.15, -0.1) is 0 Å². The van der Waals surface area contributed by atoms with Crippen molar-refractivity contribution in [1.82, 2.24) is 4.90 Å². The predicted octanol–water partition coefficient (Wildman–Crippen LogP) is 2.50. The van der Waals surface area contributed by atoms with Crippen LogP contribution in [0.2, 0.25) is 0 Å². The maximum atomic E-state index is 6.06. The Morgan fingerprint density at radius 1 is 1.31 bits per heavy atom. The highest BCUT2D eigenvalue weighted by Gasteiger charge is 2.41. The van der Waals surface area contributed by atoms with Gasteiger partial charge in [-0.3, -0.25) is 0 Å². The van der Waals surface area contributed by atoms with Gasteiger partial charge in [-0.1, -0.05) is 13.8 Å². The SMILES string of the molecule is C[C@H]1CC(C)(C)O[C@@H](C(C)(C)CN(C)C)O1. The van der Waals surface area contributed by atoms with E-state index in [2.05, 4.69) is 53.6 Å². The maximum Gasteiger partial charge on any atom is 0.164 e. The summed E-state index contributed by atoms with van der Waals surface area (Å²) in [5, 5.41) is 0. The lowest BCUT2D eigenvalue weighted by Gasteiger charge is -2.46. The molecule has 0 amide bonds. The van der Waals surface area contributed by atoms with E-state index in [1.807, 2.05) is 0 Å². The number of hydrogen-bond donors (Lipinski definition) is 0. The second-order valence-electron chi connectivity index (χ2n) is 6.59. The third-order valence-corrected chi connectivity index (χ3v) is 2.92. The smallest absolute Gasteiger partial charge is 0.164 e. The van der Waals surface area contributed by atoms with Crippen LogP contribution in [0.5, 0.6) is 0 Å². The number of ether oxygens (including phenoxy) is 2. The third kappa shape index (κ3) is 3.72. The average Bonchev–Trinajstić information content (AvgIpc) is 1.96. The minimum Gasteiger partial charge on any atom is -0.349 e. The van der Waals surface area contributed by atoms with E-state index in [1.54, 1.807) is 0 Å². The molecule has 3 nitrogen and oxygen atoms in total. The molecule has 16 heavy (non-hydrogen) atoms. The van der Waals surface area contributed by atoms with Crippen molar-refractivity contribution in [2.75, 3.05) is 20.6 Å². The lowest BCUT2D eigenvalue weighted by molar-refractivity contribution is -0.305. The van der Waals surface area contributed by atoms with Gasteiger partial charge in [-0.2, -0.15) is 0 Å². The van der Waals surface area contributed by atoms with E-state index in [1.165, 1.54) is 0 Å². The Morgan fingerprint density at radius 3 is 2.31 bits per heavy atom. The van der Waals surface area contributed by atoms with Crippen LogP contribution in [-0.4, -0.2) is 43.5 Å². The molecule has 2 atom stereocenters. The molecule has 0 radical (unpaired) electrons. The van der Waals surface area contributed by atoms with E-state index in [0.29, 0.717) is 0 Å². The molecule has 0 spiro atoms. The fraction of sp³-hybridized carbons (Fsp3) is 1.00. The van der Waals surface area contributed by atoms with Crippen molar-refractivity contribution >= 4 is 0 Å². The van der Waals surface area contributed by atoms with Gasteiger partial charge in [0.2, 0.25) is 0 Å². The second-order valence-corrected chi connectivity index (χ2v) is 6.59. The van der Waals surface area contributed by atoms with E-state index in [-0.39, 0.29) is 23.4 Å². The molecular weight excluding hydrogens is 202 g/mol. The Kier molecular flexibility index (Phi) is 4.04. The average molecular weight is 229 g/mol. The predicted molar refractivity (Wildman–Crippen MR) is 66.5 cm³/mol. The molecule has 0 aliphatic carbocycles. The van der Waals surface area contributed by atoms with Gasteiger partial charge >= 0.3 is 0 Å². The number of hydrogen-bond acceptors (Lipinski definition) is 3. The molecule has 0 aromatic carbocycles. The van der Waals surface area contributed by atoms with Gasteiger partial charge in [-0.05, 0) is 34.9 Å². The van der Waals surface area contributed by atoms with Crippen LogP contribution in [0.25, 0.3) is 0 Å². The summed E-state index contributed by atoms with van der Waals surface area (Å²) in [7, 11) is 4.16. The van der Waals surface area contributed by atoms with Gasteiger partial charge < -0.3 is 14.4 Å². The first-order valence-corrected chi connectivity index (χ1v) is 6.10. The van der Waals surface area contributed by atoms with Crippen LogP contribution in [0.3, 0.4) is 0 Å². The molecule has 1 saturated heterocycles. The van der Waals surface area contributed by atoms with Crippen LogP contribution in [0.15, 0.2) is 0 Å². The van der Waals surface area contributed by atoms with Crippen molar-refractivity contribution in [1.29, 1.82) is 0 Å². The zero-order chi connectivity index (χ0) is 12.6. The van der Waals surface area contributed by atoms with E-state index >= 15 is 0 Å². The lowest BCUT2D eigenvalue weighted by atomic mass is 9.89. The molecule has 1 rings (SSSR count). The molecule has 1 heterocycles. The molecule has 1 fully saturated rings. The van der Waals surface area contributed by atoms with Crippen LogP contribution >= 0.6 is 0 Å². The fourth-order valence-electron chi connectivity index (χ4n) is 2.55. The summed E-state index contributed by atoms with van der Waals surface area (Å²) < 4.78 is 12.0. The highest BCUT2D eigenvalue weighted by molar-refractivity contribution is 4.84. The minimum absolute atomic E-state index is 0.00937. The van der Waals surface area contributed by atoms with Crippen molar-refractivity contribution < 1.29 is 9.47 Å². The van der Waals surface area contributed by atoms with Gasteiger partial charge in [0.05, 0.1) is 11.7 Å². The summed E-state index contributed by atoms with van der Waals surface area (Å²) in [6.45, 7) is 11.8. The molecule has 1 aliphatic heterocycles. The Morgan fingerprint density at radius 2 is 1.88 bits per heavy atom. The van der Waals surface area contributed by atoms with Crippen molar-refractivity contribution in [3.63, 3.8) is 0 Å². The first kappa shape index (κ1) is 13.9. The first-order chi connectivity index (χ1) is 7.12. The van der Waals surface area contributed by atoms with Gasteiger partial charge in [0.25, 0.3) is 0 Å². The Labute approximate surface area is 100 Å². The van der Waals surface area contributed by atoms with Gasteiger partial charge in [0, 0.05) is 18.4 Å². The standard InChI is InChI=1S/C13H27NO2/c1-10-8-13(4,5)16-11(15-10)12(2,3)9-14(6)7/h10-11H,8-9H2,1-7H3/t10-,11-/m0/s1. The quantitative estimate of drug-likeness (QED) is 0.742. The van der Waals surface area contributed by atoms with Crippen LogP contribution in [-0.2, 0) is 9.47 Å². The highest BCUT2D eigenvalue weighted by atomic mass is 16.7. The molecule has 0 aromatic rings. The van der Waals surface area contributed by atoms with E-state index in [9.17, 15) is 0 Å². The fourth-order valence-corrected chi connectivity index (χ4v) is 2.55. The van der Waals surface area contributed by atoms with Crippen LogP contribution < -0.4 is 0 Å². The largest absolute Gasteiger partial charge is 0.349 e. The monoisotopic (exact) mass is 229 g/mol. The van der Waals surface area contributed by atoms with Gasteiger partial charge in [-0.25, -0.2) is 0 Å². The molecule has 0 saturated carbocycles.